The number of barbiturate groups is 1. The van der Waals surface area contributed by atoms with Crippen molar-refractivity contribution < 1.29 is 23.9 Å². The van der Waals surface area contributed by atoms with Crippen LogP contribution in [0.1, 0.15) is 18.1 Å². The Morgan fingerprint density at radius 1 is 1.00 bits per heavy atom. The normalized spacial score (nSPS) is 15.3. The van der Waals surface area contributed by atoms with E-state index < -0.39 is 17.8 Å². The molecule has 1 saturated heterocycles. The molecule has 0 atom stereocenters. The minimum Gasteiger partial charge on any atom is -0.493 e. The van der Waals surface area contributed by atoms with Gasteiger partial charge in [-0.15, -0.1) is 0 Å². The van der Waals surface area contributed by atoms with Gasteiger partial charge in [-0.25, -0.2) is 4.79 Å². The molecule has 3 aromatic rings. The summed E-state index contributed by atoms with van der Waals surface area (Å²) in [6.07, 6.45) is 3.86. The highest BCUT2D eigenvalue weighted by Gasteiger charge is 2.35. The van der Waals surface area contributed by atoms with Crippen LogP contribution in [0.5, 0.6) is 11.5 Å². The number of nitrogens with zero attached hydrogens (tertiary/aromatic N) is 2. The van der Waals surface area contributed by atoms with Crippen LogP contribution in [0.3, 0.4) is 0 Å². The molecule has 2 aromatic carbocycles. The summed E-state index contributed by atoms with van der Waals surface area (Å²) in [6, 6.07) is 12.5. The van der Waals surface area contributed by atoms with Gasteiger partial charge in [-0.2, -0.15) is 0 Å². The van der Waals surface area contributed by atoms with E-state index in [1.54, 1.807) is 32.4 Å². The van der Waals surface area contributed by atoms with Crippen molar-refractivity contribution in [3.63, 3.8) is 0 Å². The number of carbonyl (C=O) groups excluding carboxylic acids is 3. The van der Waals surface area contributed by atoms with Crippen LogP contribution < -0.4 is 14.8 Å². The van der Waals surface area contributed by atoms with Crippen molar-refractivity contribution in [2.24, 2.45) is 0 Å². The first-order valence-corrected chi connectivity index (χ1v) is 10.6. The quantitative estimate of drug-likeness (QED) is 0.443. The van der Waals surface area contributed by atoms with E-state index in [1.165, 1.54) is 0 Å². The summed E-state index contributed by atoms with van der Waals surface area (Å²) in [5.41, 5.74) is 2.56. The average Bonchev–Trinajstić information content (AvgIpc) is 3.19. The summed E-state index contributed by atoms with van der Waals surface area (Å²) in [6.45, 7) is 2.89. The van der Waals surface area contributed by atoms with E-state index in [2.05, 4.69) is 5.32 Å². The number of fused-ring (bicyclic) bond motifs is 1. The number of rotatable bonds is 7. The number of urea groups is 1. The smallest absolute Gasteiger partial charge is 0.331 e. The van der Waals surface area contributed by atoms with Gasteiger partial charge in [0.05, 0.1) is 14.2 Å². The van der Waals surface area contributed by atoms with Gasteiger partial charge in [0.25, 0.3) is 11.8 Å². The lowest BCUT2D eigenvalue weighted by atomic mass is 10.1. The number of imide groups is 2. The molecule has 0 radical (unpaired) electrons. The lowest BCUT2D eigenvalue weighted by Gasteiger charge is -2.26. The van der Waals surface area contributed by atoms with Crippen LogP contribution in [-0.2, 0) is 22.6 Å². The molecular weight excluding hydrogens is 422 g/mol. The first kappa shape index (κ1) is 22.1. The summed E-state index contributed by atoms with van der Waals surface area (Å²) in [4.78, 5) is 39.1. The molecule has 0 unspecified atom stereocenters. The molecule has 33 heavy (non-hydrogen) atoms. The first-order chi connectivity index (χ1) is 16.0. The number of hydrogen-bond donors (Lipinski definition) is 1. The molecule has 8 heteroatoms. The summed E-state index contributed by atoms with van der Waals surface area (Å²) < 4.78 is 12.6. The topological polar surface area (TPSA) is 89.9 Å². The van der Waals surface area contributed by atoms with Gasteiger partial charge in [0, 0.05) is 35.8 Å². The molecular formula is C25H25N3O5. The zero-order valence-electron chi connectivity index (χ0n) is 18.8. The van der Waals surface area contributed by atoms with Gasteiger partial charge in [0.2, 0.25) is 0 Å². The Morgan fingerprint density at radius 2 is 1.76 bits per heavy atom. The van der Waals surface area contributed by atoms with Gasteiger partial charge in [-0.05, 0) is 43.2 Å². The first-order valence-electron chi connectivity index (χ1n) is 10.6. The Hall–Kier alpha value is -4.07. The molecule has 1 aromatic heterocycles. The number of para-hydroxylation sites is 1. The second kappa shape index (κ2) is 9.20. The van der Waals surface area contributed by atoms with E-state index in [9.17, 15) is 14.4 Å². The molecule has 4 rings (SSSR count). The Kier molecular flexibility index (Phi) is 6.17. The molecule has 170 valence electrons. The van der Waals surface area contributed by atoms with Gasteiger partial charge in [0.15, 0.2) is 11.5 Å². The van der Waals surface area contributed by atoms with Gasteiger partial charge in [0.1, 0.15) is 5.57 Å². The Morgan fingerprint density at radius 3 is 2.48 bits per heavy atom. The van der Waals surface area contributed by atoms with Crippen molar-refractivity contribution >= 4 is 34.8 Å². The minimum atomic E-state index is -0.724. The zero-order chi connectivity index (χ0) is 23.5. The number of aromatic nitrogens is 1. The highest BCUT2D eigenvalue weighted by atomic mass is 16.5. The molecule has 2 heterocycles. The predicted molar refractivity (Wildman–Crippen MR) is 124 cm³/mol. The van der Waals surface area contributed by atoms with Gasteiger partial charge >= 0.3 is 6.03 Å². The SMILES string of the molecule is CCn1cc(C=C2C(=O)NC(=O)N(CCc3ccc(OC)c(OC)c3)C2=O)c2ccccc21. The Bertz CT molecular complexity index is 1270. The van der Waals surface area contributed by atoms with Crippen LogP contribution in [0.4, 0.5) is 4.79 Å². The maximum absolute atomic E-state index is 13.1. The summed E-state index contributed by atoms with van der Waals surface area (Å²) >= 11 is 0. The van der Waals surface area contributed by atoms with E-state index in [4.69, 9.17) is 9.47 Å². The maximum atomic E-state index is 13.1. The van der Waals surface area contributed by atoms with Gasteiger partial charge in [-0.1, -0.05) is 24.3 Å². The molecule has 0 bridgehead atoms. The van der Waals surface area contributed by atoms with Crippen molar-refractivity contribution in [1.29, 1.82) is 0 Å². The minimum absolute atomic E-state index is 0.0686. The van der Waals surface area contributed by atoms with Crippen LogP contribution in [0.15, 0.2) is 54.2 Å². The van der Waals surface area contributed by atoms with Crippen LogP contribution in [-0.4, -0.2) is 48.1 Å². The summed E-state index contributed by atoms with van der Waals surface area (Å²) in [5, 5.41) is 3.22. The third-order valence-electron chi connectivity index (χ3n) is 5.72. The maximum Gasteiger partial charge on any atom is 0.331 e. The molecule has 1 N–H and O–H groups in total. The van der Waals surface area contributed by atoms with Crippen molar-refractivity contribution in [3.8, 4) is 11.5 Å². The van der Waals surface area contributed by atoms with E-state index in [-0.39, 0.29) is 12.1 Å². The molecule has 8 nitrogen and oxygen atoms in total. The van der Waals surface area contributed by atoms with Gasteiger partial charge < -0.3 is 14.0 Å². The molecule has 1 aliphatic rings. The number of amides is 4. The molecule has 0 saturated carbocycles. The molecule has 0 aliphatic carbocycles. The van der Waals surface area contributed by atoms with E-state index in [0.29, 0.717) is 17.9 Å². The molecule has 1 fully saturated rings. The van der Waals surface area contributed by atoms with Crippen molar-refractivity contribution in [1.82, 2.24) is 14.8 Å². The molecule has 1 aliphatic heterocycles. The van der Waals surface area contributed by atoms with E-state index >= 15 is 0 Å². The fourth-order valence-corrected chi connectivity index (χ4v) is 3.98. The number of ether oxygens (including phenoxy) is 2. The van der Waals surface area contributed by atoms with Crippen LogP contribution in [0.25, 0.3) is 17.0 Å². The number of methoxy groups -OCH3 is 2. The predicted octanol–water partition coefficient (Wildman–Crippen LogP) is 3.38. The number of nitrogens with one attached hydrogen (secondary N) is 1. The largest absolute Gasteiger partial charge is 0.493 e. The van der Waals surface area contributed by atoms with E-state index in [1.807, 2.05) is 48.0 Å². The van der Waals surface area contributed by atoms with Gasteiger partial charge in [-0.3, -0.25) is 19.8 Å². The second-order valence-corrected chi connectivity index (χ2v) is 7.60. The van der Waals surface area contributed by atoms with Crippen molar-refractivity contribution in [2.45, 2.75) is 19.9 Å². The average molecular weight is 447 g/mol. The monoisotopic (exact) mass is 447 g/mol. The third kappa shape index (κ3) is 4.19. The van der Waals surface area contributed by atoms with Crippen LogP contribution in [0, 0.1) is 0 Å². The number of carbonyl (C=O) groups is 3. The Labute approximate surface area is 191 Å². The van der Waals surface area contributed by atoms with Crippen molar-refractivity contribution in [3.05, 3.63) is 65.4 Å². The number of aryl methyl sites for hydroxylation is 1. The summed E-state index contributed by atoms with van der Waals surface area (Å²) in [5.74, 6) is -0.152. The second-order valence-electron chi connectivity index (χ2n) is 7.60. The molecule has 0 spiro atoms. The van der Waals surface area contributed by atoms with Crippen molar-refractivity contribution in [2.75, 3.05) is 20.8 Å². The van der Waals surface area contributed by atoms with E-state index in [0.717, 1.165) is 33.5 Å². The lowest BCUT2D eigenvalue weighted by Crippen LogP contribution is -2.54. The summed E-state index contributed by atoms with van der Waals surface area (Å²) in [7, 11) is 3.10. The molecule has 4 amide bonds. The van der Waals surface area contributed by atoms with Crippen LogP contribution in [0.2, 0.25) is 0 Å². The lowest BCUT2D eigenvalue weighted by molar-refractivity contribution is -0.130. The Balaban J connectivity index is 1.60. The number of benzene rings is 2. The third-order valence-corrected chi connectivity index (χ3v) is 5.72. The fraction of sp³-hybridized carbons (Fsp3) is 0.240. The standard InChI is InChI=1S/C25H25N3O5/c1-4-27-15-17(18-7-5-6-8-20(18)27)14-19-23(29)26-25(31)28(24(19)30)12-11-16-9-10-21(32-2)22(13-16)33-3/h5-10,13-15H,4,11-12H2,1-3H3,(H,26,29,31). The zero-order valence-corrected chi connectivity index (χ0v) is 18.8. The fourth-order valence-electron chi connectivity index (χ4n) is 3.98. The highest BCUT2D eigenvalue weighted by Crippen LogP contribution is 2.28. The highest BCUT2D eigenvalue weighted by molar-refractivity contribution is 6.31. The van der Waals surface area contributed by atoms with Crippen LogP contribution >= 0.6 is 0 Å². The number of hydrogen-bond acceptors (Lipinski definition) is 5.